The summed E-state index contributed by atoms with van der Waals surface area (Å²) in [5.74, 6) is -0.464. The number of hydrazone groups is 2. The molecule has 0 unspecified atom stereocenters. The number of nitrogens with zero attached hydrogens (tertiary/aromatic N) is 5. The molecule has 1 amide bonds. The van der Waals surface area contributed by atoms with Crippen LogP contribution < -0.4 is 15.8 Å². The summed E-state index contributed by atoms with van der Waals surface area (Å²) in [5, 5.41) is 24.0. The topological polar surface area (TPSA) is 107 Å². The summed E-state index contributed by atoms with van der Waals surface area (Å²) in [7, 11) is 0. The number of hydrogen-bond donors (Lipinski definition) is 2. The number of amidine groups is 1. The summed E-state index contributed by atoms with van der Waals surface area (Å²) in [5.41, 5.74) is 5.49. The van der Waals surface area contributed by atoms with E-state index in [0.29, 0.717) is 28.2 Å². The highest BCUT2D eigenvalue weighted by molar-refractivity contribution is 6.40. The summed E-state index contributed by atoms with van der Waals surface area (Å²) in [6.07, 6.45) is 3.17. The Balaban J connectivity index is 1.64. The van der Waals surface area contributed by atoms with Crippen molar-refractivity contribution < 1.29 is 9.90 Å². The molecular weight excluding hydrogens is 380 g/mol. The van der Waals surface area contributed by atoms with E-state index in [0.717, 1.165) is 0 Å². The van der Waals surface area contributed by atoms with E-state index in [1.165, 1.54) is 10.0 Å². The molecule has 2 atom stereocenters. The predicted molar refractivity (Wildman–Crippen MR) is 112 cm³/mol. The van der Waals surface area contributed by atoms with Crippen LogP contribution >= 0.6 is 0 Å². The maximum Gasteiger partial charge on any atom is 0.273 e. The van der Waals surface area contributed by atoms with Crippen LogP contribution in [0.15, 0.2) is 89.3 Å². The molecule has 0 bridgehead atoms. The molecule has 2 aromatic carbocycles. The lowest BCUT2D eigenvalue weighted by molar-refractivity contribution is -0.130. The molecule has 1 aromatic heterocycles. The monoisotopic (exact) mass is 396 g/mol. The Bertz CT molecular complexity index is 1260. The lowest BCUT2D eigenvalue weighted by atomic mass is 9.75. The van der Waals surface area contributed by atoms with Crippen LogP contribution in [0.3, 0.4) is 0 Å². The van der Waals surface area contributed by atoms with Gasteiger partial charge in [-0.25, -0.2) is 5.01 Å². The SMILES string of the molecule is NC1=NN(c2ccccc2)[C@@]2(O)c3ccncc3C3=NN(c4ccccc4)C(=O)[C@]132. The van der Waals surface area contributed by atoms with Gasteiger partial charge in [0.25, 0.3) is 5.91 Å². The summed E-state index contributed by atoms with van der Waals surface area (Å²) in [6, 6.07) is 19.9. The van der Waals surface area contributed by atoms with Crippen molar-refractivity contribution in [3.63, 3.8) is 0 Å². The van der Waals surface area contributed by atoms with Crippen molar-refractivity contribution in [3.8, 4) is 0 Å². The molecule has 0 radical (unpaired) electrons. The van der Waals surface area contributed by atoms with E-state index in [1.807, 2.05) is 36.4 Å². The second-order valence-corrected chi connectivity index (χ2v) is 7.38. The number of aliphatic hydroxyl groups is 1. The number of benzene rings is 2. The number of amides is 1. The van der Waals surface area contributed by atoms with Gasteiger partial charge < -0.3 is 10.8 Å². The Hall–Kier alpha value is -4.04. The Morgan fingerprint density at radius 3 is 2.27 bits per heavy atom. The summed E-state index contributed by atoms with van der Waals surface area (Å²) >= 11 is 0. The van der Waals surface area contributed by atoms with Gasteiger partial charge in [0.15, 0.2) is 0 Å². The van der Waals surface area contributed by atoms with Crippen LogP contribution in [0, 0.1) is 5.41 Å². The third-order valence-corrected chi connectivity index (χ3v) is 5.94. The zero-order valence-corrected chi connectivity index (χ0v) is 15.7. The predicted octanol–water partition coefficient (Wildman–Crippen LogP) is 1.77. The van der Waals surface area contributed by atoms with Gasteiger partial charge >= 0.3 is 0 Å². The van der Waals surface area contributed by atoms with Gasteiger partial charge in [0.1, 0.15) is 5.84 Å². The highest BCUT2D eigenvalue weighted by atomic mass is 16.3. The van der Waals surface area contributed by atoms with E-state index in [2.05, 4.69) is 15.2 Å². The molecule has 3 N–H and O–H groups in total. The minimum Gasteiger partial charge on any atom is -0.384 e. The standard InChI is InChI=1S/C22H16N6O2/c23-19-21-18(25-27(20(21)29)14-7-3-1-4-8-14)16-13-24-12-11-17(16)22(21,30)28(26-19)15-9-5-2-6-10-15/h1-13,30H,(H2,23,26)/t21-,22-/m1/s1. The maximum absolute atomic E-state index is 13.9. The number of para-hydroxylation sites is 2. The number of rotatable bonds is 2. The van der Waals surface area contributed by atoms with Gasteiger partial charge in [0.05, 0.1) is 17.1 Å². The van der Waals surface area contributed by atoms with Crippen molar-refractivity contribution in [3.05, 3.63) is 90.3 Å². The normalized spacial score (nSPS) is 26.2. The molecule has 1 aliphatic carbocycles. The molecular formula is C22H16N6O2. The number of anilines is 2. The molecule has 3 aromatic rings. The van der Waals surface area contributed by atoms with Crippen LogP contribution in [0.25, 0.3) is 0 Å². The zero-order valence-electron chi connectivity index (χ0n) is 15.7. The first-order chi connectivity index (χ1) is 14.6. The van der Waals surface area contributed by atoms with Gasteiger partial charge in [0, 0.05) is 23.5 Å². The Kier molecular flexibility index (Phi) is 3.10. The second-order valence-electron chi connectivity index (χ2n) is 7.38. The van der Waals surface area contributed by atoms with Gasteiger partial charge in [-0.3, -0.25) is 9.78 Å². The fourth-order valence-corrected chi connectivity index (χ4v) is 4.64. The fourth-order valence-electron chi connectivity index (χ4n) is 4.64. The summed E-state index contributed by atoms with van der Waals surface area (Å²) < 4.78 is 0. The van der Waals surface area contributed by atoms with Gasteiger partial charge in [-0.15, -0.1) is 0 Å². The minimum absolute atomic E-state index is 0.00719. The molecule has 1 spiro atoms. The first-order valence-electron chi connectivity index (χ1n) is 9.46. The molecule has 3 heterocycles. The third kappa shape index (κ3) is 1.71. The van der Waals surface area contributed by atoms with Crippen LogP contribution in [0.4, 0.5) is 11.4 Å². The van der Waals surface area contributed by atoms with E-state index in [1.54, 1.807) is 42.7 Å². The quantitative estimate of drug-likeness (QED) is 0.687. The molecule has 0 saturated carbocycles. The lowest BCUT2D eigenvalue weighted by Gasteiger charge is -2.38. The summed E-state index contributed by atoms with van der Waals surface area (Å²) in [4.78, 5) is 18.1. The molecule has 0 fully saturated rings. The van der Waals surface area contributed by atoms with Crippen molar-refractivity contribution >= 4 is 28.8 Å². The van der Waals surface area contributed by atoms with E-state index in [9.17, 15) is 9.90 Å². The first kappa shape index (κ1) is 16.9. The lowest BCUT2D eigenvalue weighted by Crippen LogP contribution is -2.60. The van der Waals surface area contributed by atoms with E-state index in [-0.39, 0.29) is 5.84 Å². The molecule has 3 aliphatic rings. The molecule has 0 saturated heterocycles. The van der Waals surface area contributed by atoms with Crippen molar-refractivity contribution in [2.75, 3.05) is 10.0 Å². The molecule has 8 nitrogen and oxygen atoms in total. The first-order valence-corrected chi connectivity index (χ1v) is 9.46. The minimum atomic E-state index is -1.86. The van der Waals surface area contributed by atoms with Crippen molar-refractivity contribution in [1.29, 1.82) is 0 Å². The van der Waals surface area contributed by atoms with Crippen LogP contribution in [-0.4, -0.2) is 27.5 Å². The van der Waals surface area contributed by atoms with Gasteiger partial charge in [-0.1, -0.05) is 36.4 Å². The van der Waals surface area contributed by atoms with Crippen molar-refractivity contribution in [2.24, 2.45) is 21.4 Å². The number of carbonyl (C=O) groups excluding carboxylic acids is 1. The molecule has 30 heavy (non-hydrogen) atoms. The number of nitrogens with two attached hydrogens (primary N) is 1. The Morgan fingerprint density at radius 2 is 1.57 bits per heavy atom. The highest BCUT2D eigenvalue weighted by Gasteiger charge is 2.78. The number of hydrogen-bond acceptors (Lipinski definition) is 7. The smallest absolute Gasteiger partial charge is 0.273 e. The van der Waals surface area contributed by atoms with Crippen LogP contribution in [0.5, 0.6) is 0 Å². The second kappa shape index (κ2) is 5.52. The number of pyridine rings is 1. The molecule has 8 heteroatoms. The maximum atomic E-state index is 13.9. The van der Waals surface area contributed by atoms with Crippen molar-refractivity contribution in [1.82, 2.24) is 4.98 Å². The number of fused-ring (bicyclic) bond motifs is 3. The van der Waals surface area contributed by atoms with Gasteiger partial charge in [0.2, 0.25) is 11.1 Å². The van der Waals surface area contributed by atoms with Gasteiger partial charge in [-0.2, -0.15) is 15.2 Å². The average molecular weight is 396 g/mol. The van der Waals surface area contributed by atoms with Crippen LogP contribution in [-0.2, 0) is 10.5 Å². The number of carbonyl (C=O) groups is 1. The Labute approximate surface area is 171 Å². The van der Waals surface area contributed by atoms with Crippen LogP contribution in [0.1, 0.15) is 11.1 Å². The van der Waals surface area contributed by atoms with Crippen LogP contribution in [0.2, 0.25) is 0 Å². The molecule has 146 valence electrons. The number of aromatic nitrogens is 1. The Morgan fingerprint density at radius 1 is 0.900 bits per heavy atom. The van der Waals surface area contributed by atoms with Gasteiger partial charge in [-0.05, 0) is 30.3 Å². The third-order valence-electron chi connectivity index (χ3n) is 5.94. The average Bonchev–Trinajstić information content (AvgIpc) is 3.32. The van der Waals surface area contributed by atoms with E-state index in [4.69, 9.17) is 5.73 Å². The molecule has 6 rings (SSSR count). The molecule has 2 aliphatic heterocycles. The van der Waals surface area contributed by atoms with Crippen molar-refractivity contribution in [2.45, 2.75) is 5.72 Å². The largest absolute Gasteiger partial charge is 0.384 e. The highest BCUT2D eigenvalue weighted by Crippen LogP contribution is 2.60. The fraction of sp³-hybridized carbons (Fsp3) is 0.0909. The summed E-state index contributed by atoms with van der Waals surface area (Å²) in [6.45, 7) is 0. The van der Waals surface area contributed by atoms with E-state index >= 15 is 0 Å². The van der Waals surface area contributed by atoms with E-state index < -0.39 is 17.0 Å². The zero-order chi connectivity index (χ0) is 20.5.